The maximum absolute atomic E-state index is 11.8. The summed E-state index contributed by atoms with van der Waals surface area (Å²) < 4.78 is 0. The van der Waals surface area contributed by atoms with Gasteiger partial charge in [-0.05, 0) is 31.9 Å². The molecule has 0 unspecified atom stereocenters. The molecule has 124 valence electrons. The summed E-state index contributed by atoms with van der Waals surface area (Å²) in [6.45, 7) is 1.97. The van der Waals surface area contributed by atoms with Crippen LogP contribution in [0.4, 0.5) is 5.69 Å². The molecule has 1 saturated carbocycles. The molecule has 1 aliphatic carbocycles. The number of carbonyl (C=O) groups is 3. The van der Waals surface area contributed by atoms with Crippen molar-refractivity contribution < 1.29 is 19.5 Å². The summed E-state index contributed by atoms with van der Waals surface area (Å²) in [7, 11) is 0. The Morgan fingerprint density at radius 2 is 1.74 bits per heavy atom. The average molecular weight is 336 g/mol. The highest BCUT2D eigenvalue weighted by Gasteiger charge is 2.35. The minimum absolute atomic E-state index is 0.0504. The first-order valence-electron chi connectivity index (χ1n) is 7.40. The van der Waals surface area contributed by atoms with Crippen molar-refractivity contribution in [2.24, 2.45) is 5.92 Å². The van der Waals surface area contributed by atoms with Crippen LogP contribution < -0.4 is 10.6 Å². The molecule has 0 saturated heterocycles. The zero-order chi connectivity index (χ0) is 16.8. The normalized spacial score (nSPS) is 19.5. The number of hydrogen-bond acceptors (Lipinski definition) is 4. The van der Waals surface area contributed by atoms with Crippen LogP contribution in [0, 0.1) is 12.8 Å². The summed E-state index contributed by atoms with van der Waals surface area (Å²) in [6, 6.07) is 7.45. The van der Waals surface area contributed by atoms with Crippen LogP contribution in [0.1, 0.15) is 18.4 Å². The van der Waals surface area contributed by atoms with Gasteiger partial charge in [-0.1, -0.05) is 17.7 Å². The SMILES string of the molecule is Cc1ccc(NC(=O)CSCC(=O)NC2CC(C(=O)O)C2)cc1. The van der Waals surface area contributed by atoms with Crippen LogP contribution in [-0.4, -0.2) is 40.4 Å². The van der Waals surface area contributed by atoms with E-state index in [-0.39, 0.29) is 35.3 Å². The smallest absolute Gasteiger partial charge is 0.306 e. The molecular formula is C16H20N2O4S. The fourth-order valence-corrected chi connectivity index (χ4v) is 2.91. The van der Waals surface area contributed by atoms with Gasteiger partial charge in [-0.15, -0.1) is 11.8 Å². The molecule has 1 aromatic rings. The van der Waals surface area contributed by atoms with Crippen molar-refractivity contribution in [2.75, 3.05) is 16.8 Å². The quantitative estimate of drug-likeness (QED) is 0.704. The second kappa shape index (κ2) is 8.01. The third-order valence-corrected chi connectivity index (χ3v) is 4.59. The lowest BCUT2D eigenvalue weighted by Gasteiger charge is -2.32. The average Bonchev–Trinajstić information content (AvgIpc) is 2.44. The Kier molecular flexibility index (Phi) is 6.04. The predicted octanol–water partition coefficient (Wildman–Crippen LogP) is 1.65. The van der Waals surface area contributed by atoms with E-state index in [1.54, 1.807) is 0 Å². The van der Waals surface area contributed by atoms with Crippen molar-refractivity contribution in [1.29, 1.82) is 0 Å². The van der Waals surface area contributed by atoms with Crippen molar-refractivity contribution in [3.05, 3.63) is 29.8 Å². The summed E-state index contributed by atoms with van der Waals surface area (Å²) >= 11 is 1.24. The van der Waals surface area contributed by atoms with Crippen LogP contribution in [0.5, 0.6) is 0 Å². The van der Waals surface area contributed by atoms with Crippen LogP contribution in [0.25, 0.3) is 0 Å². The topological polar surface area (TPSA) is 95.5 Å². The molecule has 0 radical (unpaired) electrons. The summed E-state index contributed by atoms with van der Waals surface area (Å²) in [4.78, 5) is 34.1. The zero-order valence-corrected chi connectivity index (χ0v) is 13.7. The highest BCUT2D eigenvalue weighted by molar-refractivity contribution is 8.00. The number of amides is 2. The number of nitrogens with one attached hydrogen (secondary N) is 2. The van der Waals surface area contributed by atoms with E-state index in [0.29, 0.717) is 12.8 Å². The van der Waals surface area contributed by atoms with E-state index in [1.807, 2.05) is 31.2 Å². The Bertz CT molecular complexity index is 582. The Balaban J connectivity index is 1.59. The van der Waals surface area contributed by atoms with Gasteiger partial charge in [-0.2, -0.15) is 0 Å². The van der Waals surface area contributed by atoms with Gasteiger partial charge in [-0.3, -0.25) is 14.4 Å². The number of carbonyl (C=O) groups excluding carboxylic acids is 2. The number of carboxylic acid groups (broad SMARTS) is 1. The van der Waals surface area contributed by atoms with Crippen LogP contribution >= 0.6 is 11.8 Å². The highest BCUT2D eigenvalue weighted by atomic mass is 32.2. The molecule has 23 heavy (non-hydrogen) atoms. The molecule has 0 spiro atoms. The molecule has 0 aromatic heterocycles. The second-order valence-electron chi connectivity index (χ2n) is 5.68. The zero-order valence-electron chi connectivity index (χ0n) is 12.9. The predicted molar refractivity (Wildman–Crippen MR) is 89.4 cm³/mol. The summed E-state index contributed by atoms with van der Waals surface area (Å²) in [6.07, 6.45) is 0.972. The van der Waals surface area contributed by atoms with Crippen molar-refractivity contribution in [3.63, 3.8) is 0 Å². The van der Waals surface area contributed by atoms with E-state index in [2.05, 4.69) is 10.6 Å². The first-order chi connectivity index (χ1) is 10.9. The minimum atomic E-state index is -0.808. The fraction of sp³-hybridized carbons (Fsp3) is 0.438. The first kappa shape index (κ1) is 17.3. The maximum atomic E-state index is 11.8. The largest absolute Gasteiger partial charge is 0.481 e. The molecule has 1 aliphatic rings. The van der Waals surface area contributed by atoms with Crippen LogP contribution in [-0.2, 0) is 14.4 Å². The summed E-state index contributed by atoms with van der Waals surface area (Å²) in [5, 5.41) is 14.3. The first-order valence-corrected chi connectivity index (χ1v) is 8.56. The van der Waals surface area contributed by atoms with Gasteiger partial charge in [0.2, 0.25) is 11.8 Å². The molecule has 1 aromatic carbocycles. The number of rotatable bonds is 7. The summed E-state index contributed by atoms with van der Waals surface area (Å²) in [5.74, 6) is -1.07. The molecular weight excluding hydrogens is 316 g/mol. The lowest BCUT2D eigenvalue weighted by atomic mass is 9.80. The van der Waals surface area contributed by atoms with Gasteiger partial charge in [0.15, 0.2) is 0 Å². The number of benzene rings is 1. The van der Waals surface area contributed by atoms with Gasteiger partial charge in [0, 0.05) is 11.7 Å². The number of carboxylic acids is 1. The van der Waals surface area contributed by atoms with Crippen molar-refractivity contribution >= 4 is 35.2 Å². The van der Waals surface area contributed by atoms with Crippen LogP contribution in [0.2, 0.25) is 0 Å². The minimum Gasteiger partial charge on any atom is -0.481 e. The van der Waals surface area contributed by atoms with E-state index in [4.69, 9.17) is 5.11 Å². The van der Waals surface area contributed by atoms with Crippen molar-refractivity contribution in [2.45, 2.75) is 25.8 Å². The standard InChI is InChI=1S/C16H20N2O4S/c1-10-2-4-12(5-3-10)17-14(19)8-23-9-15(20)18-13-6-11(7-13)16(21)22/h2-5,11,13H,6-9H2,1H3,(H,17,19)(H,18,20)(H,21,22). The molecule has 2 amide bonds. The Morgan fingerprint density at radius 1 is 1.13 bits per heavy atom. The molecule has 0 bridgehead atoms. The number of aryl methyl sites for hydroxylation is 1. The maximum Gasteiger partial charge on any atom is 0.306 e. The van der Waals surface area contributed by atoms with Gasteiger partial charge in [0.25, 0.3) is 0 Å². The monoisotopic (exact) mass is 336 g/mol. The lowest BCUT2D eigenvalue weighted by molar-refractivity contribution is -0.146. The number of hydrogen-bond donors (Lipinski definition) is 3. The highest BCUT2D eigenvalue weighted by Crippen LogP contribution is 2.27. The molecule has 0 atom stereocenters. The molecule has 0 heterocycles. The third-order valence-electron chi connectivity index (χ3n) is 3.65. The Labute approximate surface area is 139 Å². The van der Waals surface area contributed by atoms with Gasteiger partial charge in [0.1, 0.15) is 0 Å². The summed E-state index contributed by atoms with van der Waals surface area (Å²) in [5.41, 5.74) is 1.86. The van der Waals surface area contributed by atoms with Gasteiger partial charge >= 0.3 is 5.97 Å². The van der Waals surface area contributed by atoms with E-state index in [1.165, 1.54) is 11.8 Å². The Morgan fingerprint density at radius 3 is 2.35 bits per heavy atom. The van der Waals surface area contributed by atoms with Gasteiger partial charge in [-0.25, -0.2) is 0 Å². The van der Waals surface area contributed by atoms with Gasteiger partial charge < -0.3 is 15.7 Å². The number of thioether (sulfide) groups is 1. The molecule has 6 nitrogen and oxygen atoms in total. The molecule has 0 aliphatic heterocycles. The van der Waals surface area contributed by atoms with Crippen molar-refractivity contribution in [1.82, 2.24) is 5.32 Å². The lowest BCUT2D eigenvalue weighted by Crippen LogP contribution is -2.47. The van der Waals surface area contributed by atoms with Gasteiger partial charge in [0.05, 0.1) is 17.4 Å². The number of anilines is 1. The fourth-order valence-electron chi connectivity index (χ4n) is 2.28. The number of aliphatic carboxylic acids is 1. The Hall–Kier alpha value is -2.02. The van der Waals surface area contributed by atoms with E-state index < -0.39 is 5.97 Å². The van der Waals surface area contributed by atoms with E-state index >= 15 is 0 Å². The van der Waals surface area contributed by atoms with E-state index in [9.17, 15) is 14.4 Å². The van der Waals surface area contributed by atoms with Crippen LogP contribution in [0.3, 0.4) is 0 Å². The second-order valence-corrected chi connectivity index (χ2v) is 6.66. The molecule has 1 fully saturated rings. The van der Waals surface area contributed by atoms with E-state index in [0.717, 1.165) is 11.3 Å². The third kappa shape index (κ3) is 5.59. The molecule has 7 heteroatoms. The molecule has 3 N–H and O–H groups in total. The molecule has 2 rings (SSSR count). The van der Waals surface area contributed by atoms with Crippen LogP contribution in [0.15, 0.2) is 24.3 Å². The van der Waals surface area contributed by atoms with Crippen molar-refractivity contribution in [3.8, 4) is 0 Å².